The Balaban J connectivity index is 1.61. The van der Waals surface area contributed by atoms with Crippen LogP contribution in [0.3, 0.4) is 0 Å². The summed E-state index contributed by atoms with van der Waals surface area (Å²) in [5.74, 6) is 0. The number of hydrogen-bond donors (Lipinski definition) is 0. The van der Waals surface area contributed by atoms with Gasteiger partial charge in [-0.15, -0.1) is 0 Å². The molecular formula is C31H32OSi2. The maximum Gasteiger partial charge on any atom is 0.188 e. The molecule has 0 radical (unpaired) electrons. The van der Waals surface area contributed by atoms with E-state index in [0.717, 1.165) is 12.8 Å². The van der Waals surface area contributed by atoms with Gasteiger partial charge in [0.05, 0.1) is 11.1 Å². The molecule has 1 aliphatic heterocycles. The van der Waals surface area contributed by atoms with Gasteiger partial charge in [-0.05, 0) is 23.2 Å². The lowest BCUT2D eigenvalue weighted by atomic mass is 10.3. The van der Waals surface area contributed by atoms with Crippen molar-refractivity contribution in [2.75, 3.05) is 0 Å². The molecule has 0 aromatic heterocycles. The van der Waals surface area contributed by atoms with Crippen LogP contribution in [0.25, 0.3) is 0 Å². The molecule has 5 rings (SSSR count). The Kier molecular flexibility index (Phi) is 6.40. The second-order valence-corrected chi connectivity index (χ2v) is 17.6. The topological polar surface area (TPSA) is 9.23 Å². The lowest BCUT2D eigenvalue weighted by molar-refractivity contribution is 0.170. The van der Waals surface area contributed by atoms with Crippen molar-refractivity contribution in [2.24, 2.45) is 0 Å². The maximum absolute atomic E-state index is 7.22. The summed E-state index contributed by atoms with van der Waals surface area (Å²) in [6.45, 7) is 4.95. The summed E-state index contributed by atoms with van der Waals surface area (Å²) >= 11 is 0. The van der Waals surface area contributed by atoms with E-state index in [4.69, 9.17) is 4.74 Å². The average molecular weight is 477 g/mol. The van der Waals surface area contributed by atoms with Gasteiger partial charge in [-0.25, -0.2) is 0 Å². The van der Waals surface area contributed by atoms with Gasteiger partial charge in [0, 0.05) is 0 Å². The van der Waals surface area contributed by atoms with Crippen LogP contribution in [-0.2, 0) is 4.74 Å². The molecule has 4 aromatic carbocycles. The molecule has 0 saturated heterocycles. The van der Waals surface area contributed by atoms with Crippen molar-refractivity contribution in [1.29, 1.82) is 0 Å². The highest BCUT2D eigenvalue weighted by Gasteiger charge is 2.47. The van der Waals surface area contributed by atoms with E-state index in [1.165, 1.54) is 26.1 Å². The van der Waals surface area contributed by atoms with Crippen molar-refractivity contribution < 1.29 is 4.74 Å². The molecule has 170 valence electrons. The molecule has 3 heteroatoms. The van der Waals surface area contributed by atoms with Crippen LogP contribution in [0.2, 0.25) is 13.1 Å². The summed E-state index contributed by atoms with van der Waals surface area (Å²) in [7, 11) is -4.43. The normalized spacial score (nSPS) is 16.4. The Hall–Kier alpha value is -3.15. The summed E-state index contributed by atoms with van der Waals surface area (Å²) in [6, 6.07) is 44.2. The molecule has 4 aromatic rings. The first-order valence-electron chi connectivity index (χ1n) is 12.2. The van der Waals surface area contributed by atoms with E-state index in [0.29, 0.717) is 0 Å². The first-order valence-corrected chi connectivity index (χ1v) is 17.3. The predicted octanol–water partition coefficient (Wildman–Crippen LogP) is 4.91. The molecule has 0 aliphatic carbocycles. The van der Waals surface area contributed by atoms with Crippen LogP contribution >= 0.6 is 0 Å². The van der Waals surface area contributed by atoms with Gasteiger partial charge in [-0.2, -0.15) is 0 Å². The first kappa shape index (κ1) is 22.6. The van der Waals surface area contributed by atoms with Crippen LogP contribution in [0.1, 0.15) is 12.8 Å². The van der Waals surface area contributed by atoms with E-state index in [1.54, 1.807) is 0 Å². The van der Waals surface area contributed by atoms with Crippen molar-refractivity contribution in [2.45, 2.75) is 31.7 Å². The summed E-state index contributed by atoms with van der Waals surface area (Å²) in [5.41, 5.74) is 0.191. The van der Waals surface area contributed by atoms with E-state index in [9.17, 15) is 0 Å². The summed E-state index contributed by atoms with van der Waals surface area (Å²) < 4.78 is 7.22. The van der Waals surface area contributed by atoms with Crippen LogP contribution in [-0.4, -0.2) is 21.9 Å². The minimum Gasteiger partial charge on any atom is -0.502 e. The Morgan fingerprint density at radius 1 is 0.559 bits per heavy atom. The van der Waals surface area contributed by atoms with Gasteiger partial charge in [-0.3, -0.25) is 0 Å². The van der Waals surface area contributed by atoms with Crippen molar-refractivity contribution in [3.8, 4) is 0 Å². The second-order valence-electron chi connectivity index (χ2n) is 9.54. The fourth-order valence-corrected chi connectivity index (χ4v) is 13.1. The van der Waals surface area contributed by atoms with Gasteiger partial charge in [0.15, 0.2) is 16.1 Å². The third-order valence-corrected chi connectivity index (χ3v) is 16.7. The number of hydrogen-bond acceptors (Lipinski definition) is 1. The molecule has 1 unspecified atom stereocenters. The molecule has 0 fully saturated rings. The van der Waals surface area contributed by atoms with Crippen molar-refractivity contribution in [1.82, 2.24) is 0 Å². The molecule has 1 aliphatic rings. The molecule has 1 atom stereocenters. The average Bonchev–Trinajstić information content (AvgIpc) is 2.94. The third kappa shape index (κ3) is 4.00. The van der Waals surface area contributed by atoms with Crippen LogP contribution < -0.4 is 20.7 Å². The molecule has 0 amide bonds. The zero-order valence-electron chi connectivity index (χ0n) is 20.0. The smallest absolute Gasteiger partial charge is 0.188 e. The standard InChI is InChI=1S/C31H32OSi2/c1-33(26-16-7-3-8-17-26,27-18-9-4-10-19-27)30-24-15-25-31(32-30)34(2,28-20-11-5-12-21-28)29-22-13-6-14-23-29/h3-14,16-24,31H,15,25H2,1-2H3. The van der Waals surface area contributed by atoms with Gasteiger partial charge >= 0.3 is 0 Å². The molecule has 34 heavy (non-hydrogen) atoms. The molecule has 1 nitrogen and oxygen atoms in total. The van der Waals surface area contributed by atoms with Crippen LogP contribution in [0.4, 0.5) is 0 Å². The SMILES string of the molecule is C[Si](C1=CCCC([Si](C)(c2ccccc2)c2ccccc2)O1)(c1ccccc1)c1ccccc1. The van der Waals surface area contributed by atoms with Crippen molar-refractivity contribution in [3.05, 3.63) is 133 Å². The summed E-state index contributed by atoms with van der Waals surface area (Å²) in [6.07, 6.45) is 4.52. The Morgan fingerprint density at radius 2 is 0.941 bits per heavy atom. The van der Waals surface area contributed by atoms with E-state index < -0.39 is 16.1 Å². The molecule has 0 bridgehead atoms. The van der Waals surface area contributed by atoms with E-state index in [-0.39, 0.29) is 5.73 Å². The molecular weight excluding hydrogens is 445 g/mol. The fraction of sp³-hybridized carbons (Fsp3) is 0.161. The maximum atomic E-state index is 7.22. The number of allylic oxidation sites excluding steroid dienone is 1. The minimum atomic E-state index is -2.26. The van der Waals surface area contributed by atoms with Crippen LogP contribution in [0, 0.1) is 0 Å². The van der Waals surface area contributed by atoms with Gasteiger partial charge in [0.25, 0.3) is 0 Å². The van der Waals surface area contributed by atoms with Crippen LogP contribution in [0.5, 0.6) is 0 Å². The van der Waals surface area contributed by atoms with Crippen LogP contribution in [0.15, 0.2) is 133 Å². The van der Waals surface area contributed by atoms with Crippen molar-refractivity contribution in [3.63, 3.8) is 0 Å². The van der Waals surface area contributed by atoms with E-state index in [2.05, 4.69) is 140 Å². The van der Waals surface area contributed by atoms with Gasteiger partial charge in [0.2, 0.25) is 0 Å². The van der Waals surface area contributed by atoms with Crippen molar-refractivity contribution >= 4 is 36.9 Å². The molecule has 0 saturated carbocycles. The monoisotopic (exact) mass is 476 g/mol. The fourth-order valence-electron chi connectivity index (χ4n) is 5.46. The van der Waals surface area contributed by atoms with Gasteiger partial charge in [0.1, 0.15) is 0 Å². The number of rotatable bonds is 6. The second kappa shape index (κ2) is 9.61. The Bertz CT molecular complexity index is 1160. The summed E-state index contributed by atoms with van der Waals surface area (Å²) in [5, 5.41) is 6.89. The molecule has 0 N–H and O–H groups in total. The quantitative estimate of drug-likeness (QED) is 0.359. The molecule has 1 heterocycles. The molecule has 0 spiro atoms. The number of benzene rings is 4. The predicted molar refractivity (Wildman–Crippen MR) is 150 cm³/mol. The van der Waals surface area contributed by atoms with Gasteiger partial charge in [-0.1, -0.05) is 151 Å². The largest absolute Gasteiger partial charge is 0.502 e. The highest BCUT2D eigenvalue weighted by atomic mass is 28.3. The highest BCUT2D eigenvalue weighted by Crippen LogP contribution is 2.30. The zero-order chi connectivity index (χ0) is 23.4. The third-order valence-electron chi connectivity index (χ3n) is 7.61. The minimum absolute atomic E-state index is 0.191. The Morgan fingerprint density at radius 3 is 1.35 bits per heavy atom. The zero-order valence-corrected chi connectivity index (χ0v) is 22.0. The van der Waals surface area contributed by atoms with E-state index >= 15 is 0 Å². The Labute approximate surface area is 205 Å². The first-order chi connectivity index (χ1) is 16.6. The number of ether oxygens (including phenoxy) is 1. The highest BCUT2D eigenvalue weighted by molar-refractivity contribution is 7.06. The summed E-state index contributed by atoms with van der Waals surface area (Å²) in [4.78, 5) is 0. The lowest BCUT2D eigenvalue weighted by Gasteiger charge is -2.43. The van der Waals surface area contributed by atoms with Gasteiger partial charge < -0.3 is 4.74 Å². The lowest BCUT2D eigenvalue weighted by Crippen LogP contribution is -2.67. The van der Waals surface area contributed by atoms with E-state index in [1.807, 2.05) is 0 Å².